The molecule has 0 amide bonds. The molecule has 1 aromatic carbocycles. The lowest BCUT2D eigenvalue weighted by Crippen LogP contribution is -2.30. The van der Waals surface area contributed by atoms with Gasteiger partial charge in [-0.1, -0.05) is 6.07 Å². The van der Waals surface area contributed by atoms with Crippen molar-refractivity contribution in [1.29, 1.82) is 0 Å². The van der Waals surface area contributed by atoms with E-state index in [9.17, 15) is 14.2 Å². The first-order chi connectivity index (χ1) is 7.59. The molecule has 4 nitrogen and oxygen atoms in total. The second-order valence-electron chi connectivity index (χ2n) is 3.36. The lowest BCUT2D eigenvalue weighted by atomic mass is 9.76. The molecule has 0 atom stereocenters. The smallest absolute Gasteiger partial charge is 0.478 e. The number of carbonyl (C=O) groups is 1. The summed E-state index contributed by atoms with van der Waals surface area (Å²) in [5.74, 6) is -1.56. The van der Waals surface area contributed by atoms with E-state index in [1.807, 2.05) is 0 Å². The maximum Gasteiger partial charge on any atom is 0.492 e. The monoisotopic (exact) mass is 222 g/mol. The molecule has 6 heteroatoms. The Balaban J connectivity index is 2.48. The summed E-state index contributed by atoms with van der Waals surface area (Å²) in [6, 6.07) is 2.63. The summed E-state index contributed by atoms with van der Waals surface area (Å²) in [5.41, 5.74) is 1.03. The van der Waals surface area contributed by atoms with E-state index in [4.69, 9.17) is 9.76 Å². The van der Waals surface area contributed by atoms with Gasteiger partial charge < -0.3 is 14.8 Å². The highest BCUT2D eigenvalue weighted by Crippen LogP contribution is 2.17. The molecule has 0 unspecified atom stereocenters. The van der Waals surface area contributed by atoms with Crippen LogP contribution in [0.25, 0.3) is 6.08 Å². The number of fused-ring (bicyclic) bond motifs is 1. The third kappa shape index (κ3) is 1.85. The Labute approximate surface area is 91.1 Å². The molecule has 0 fully saturated rings. The zero-order valence-corrected chi connectivity index (χ0v) is 8.18. The van der Waals surface area contributed by atoms with E-state index >= 15 is 0 Å². The number of rotatable bonds is 2. The van der Waals surface area contributed by atoms with Crippen LogP contribution < -0.4 is 5.46 Å². The van der Waals surface area contributed by atoms with Gasteiger partial charge in [-0.3, -0.25) is 0 Å². The van der Waals surface area contributed by atoms with Gasteiger partial charge in [0.15, 0.2) is 0 Å². The van der Waals surface area contributed by atoms with Crippen LogP contribution in [0.4, 0.5) is 4.39 Å². The molecule has 1 heterocycles. The predicted molar refractivity (Wildman–Crippen MR) is 55.5 cm³/mol. The standard InChI is InChI=1S/C10H8BFO4/c12-8-3-1-6(2-4-9(13)14)10-7(8)5-16-11(10)15/h1-4,15H,5H2,(H,13,14)/b4-2+. The van der Waals surface area contributed by atoms with Crippen LogP contribution in [0.5, 0.6) is 0 Å². The van der Waals surface area contributed by atoms with Gasteiger partial charge in [0.1, 0.15) is 5.82 Å². The van der Waals surface area contributed by atoms with E-state index in [-0.39, 0.29) is 12.2 Å². The zero-order valence-electron chi connectivity index (χ0n) is 8.18. The summed E-state index contributed by atoms with van der Waals surface area (Å²) in [6.07, 6.45) is 2.23. The molecule has 16 heavy (non-hydrogen) atoms. The lowest BCUT2D eigenvalue weighted by molar-refractivity contribution is -0.131. The summed E-state index contributed by atoms with van der Waals surface area (Å²) in [6.45, 7) is -0.00289. The average Bonchev–Trinajstić information content (AvgIpc) is 2.61. The fraction of sp³-hybridized carbons (Fsp3) is 0.100. The summed E-state index contributed by atoms with van der Waals surface area (Å²) < 4.78 is 18.2. The van der Waals surface area contributed by atoms with Gasteiger partial charge in [-0.15, -0.1) is 0 Å². The van der Waals surface area contributed by atoms with Gasteiger partial charge in [0.05, 0.1) is 6.61 Å². The van der Waals surface area contributed by atoms with Crippen LogP contribution in [0, 0.1) is 5.82 Å². The van der Waals surface area contributed by atoms with Crippen LogP contribution in [0.2, 0.25) is 0 Å². The van der Waals surface area contributed by atoms with Gasteiger partial charge >= 0.3 is 13.1 Å². The highest BCUT2D eigenvalue weighted by atomic mass is 19.1. The third-order valence-electron chi connectivity index (χ3n) is 2.37. The summed E-state index contributed by atoms with van der Waals surface area (Å²) in [7, 11) is -1.20. The molecule has 2 rings (SSSR count). The quantitative estimate of drug-likeness (QED) is 0.551. The fourth-order valence-corrected chi connectivity index (χ4v) is 1.65. The molecule has 0 bridgehead atoms. The van der Waals surface area contributed by atoms with Gasteiger partial charge in [0, 0.05) is 11.6 Å². The van der Waals surface area contributed by atoms with Crippen molar-refractivity contribution in [2.45, 2.75) is 6.61 Å². The van der Waals surface area contributed by atoms with Crippen LogP contribution in [0.15, 0.2) is 18.2 Å². The molecular formula is C10H8BFO4. The molecule has 0 saturated heterocycles. The summed E-state index contributed by atoms with van der Waals surface area (Å²) in [4.78, 5) is 10.4. The molecule has 1 aliphatic rings. The Bertz CT molecular complexity index is 472. The van der Waals surface area contributed by atoms with Crippen molar-refractivity contribution in [1.82, 2.24) is 0 Å². The van der Waals surface area contributed by atoms with Crippen molar-refractivity contribution >= 4 is 24.6 Å². The molecule has 0 spiro atoms. The second kappa shape index (κ2) is 4.07. The minimum Gasteiger partial charge on any atom is -0.478 e. The molecule has 2 N–H and O–H groups in total. The molecular weight excluding hydrogens is 214 g/mol. The van der Waals surface area contributed by atoms with Crippen LogP contribution in [-0.2, 0) is 16.1 Å². The second-order valence-corrected chi connectivity index (χ2v) is 3.36. The van der Waals surface area contributed by atoms with Crippen LogP contribution >= 0.6 is 0 Å². The van der Waals surface area contributed by atoms with E-state index in [0.29, 0.717) is 11.0 Å². The van der Waals surface area contributed by atoms with Gasteiger partial charge in [-0.25, -0.2) is 9.18 Å². The summed E-state index contributed by atoms with van der Waals surface area (Å²) in [5, 5.41) is 18.0. The highest BCUT2D eigenvalue weighted by Gasteiger charge is 2.31. The minimum atomic E-state index is -1.20. The van der Waals surface area contributed by atoms with E-state index < -0.39 is 18.9 Å². The van der Waals surface area contributed by atoms with Crippen LogP contribution in [0.1, 0.15) is 11.1 Å². The topological polar surface area (TPSA) is 66.8 Å². The number of halogens is 1. The number of hydrogen-bond donors (Lipinski definition) is 2. The van der Waals surface area contributed by atoms with Gasteiger partial charge in [0.25, 0.3) is 0 Å². The van der Waals surface area contributed by atoms with Crippen LogP contribution in [-0.4, -0.2) is 23.2 Å². The zero-order chi connectivity index (χ0) is 11.7. The largest absolute Gasteiger partial charge is 0.492 e. The highest BCUT2D eigenvalue weighted by molar-refractivity contribution is 6.62. The molecule has 0 radical (unpaired) electrons. The summed E-state index contributed by atoms with van der Waals surface area (Å²) >= 11 is 0. The van der Waals surface area contributed by atoms with E-state index in [0.717, 1.165) is 6.08 Å². The van der Waals surface area contributed by atoms with Crippen molar-refractivity contribution in [3.8, 4) is 0 Å². The Kier molecular flexibility index (Phi) is 2.76. The van der Waals surface area contributed by atoms with Crippen molar-refractivity contribution in [3.05, 3.63) is 35.2 Å². The Morgan fingerprint density at radius 2 is 2.31 bits per heavy atom. The fourth-order valence-electron chi connectivity index (χ4n) is 1.65. The normalized spacial score (nSPS) is 14.5. The Hall–Kier alpha value is -1.66. The van der Waals surface area contributed by atoms with Crippen LogP contribution in [0.3, 0.4) is 0 Å². The van der Waals surface area contributed by atoms with E-state index in [2.05, 4.69) is 0 Å². The van der Waals surface area contributed by atoms with Gasteiger partial charge in [-0.05, 0) is 23.2 Å². The molecule has 0 aromatic heterocycles. The van der Waals surface area contributed by atoms with Crippen molar-refractivity contribution < 1.29 is 24.0 Å². The molecule has 82 valence electrons. The first-order valence-electron chi connectivity index (χ1n) is 4.61. The van der Waals surface area contributed by atoms with Crippen molar-refractivity contribution in [2.24, 2.45) is 0 Å². The number of hydrogen-bond acceptors (Lipinski definition) is 3. The number of benzene rings is 1. The first-order valence-corrected chi connectivity index (χ1v) is 4.61. The molecule has 0 saturated carbocycles. The van der Waals surface area contributed by atoms with E-state index in [1.165, 1.54) is 18.2 Å². The van der Waals surface area contributed by atoms with Gasteiger partial charge in [0.2, 0.25) is 0 Å². The van der Waals surface area contributed by atoms with E-state index in [1.54, 1.807) is 0 Å². The average molecular weight is 222 g/mol. The molecule has 1 aromatic rings. The molecule has 1 aliphatic heterocycles. The minimum absolute atomic E-state index is 0.00289. The number of aliphatic carboxylic acids is 1. The first kappa shape index (κ1) is 10.8. The number of carboxylic acids is 1. The Morgan fingerprint density at radius 1 is 1.56 bits per heavy atom. The van der Waals surface area contributed by atoms with Gasteiger partial charge in [-0.2, -0.15) is 0 Å². The number of carboxylic acid groups (broad SMARTS) is 1. The lowest BCUT2D eigenvalue weighted by Gasteiger charge is -2.04. The predicted octanol–water partition coefficient (Wildman–Crippen LogP) is 0.141. The third-order valence-corrected chi connectivity index (χ3v) is 2.37. The van der Waals surface area contributed by atoms with Crippen molar-refractivity contribution in [3.63, 3.8) is 0 Å². The Morgan fingerprint density at radius 3 is 3.00 bits per heavy atom. The molecule has 0 aliphatic carbocycles. The van der Waals surface area contributed by atoms with Crippen molar-refractivity contribution in [2.75, 3.05) is 0 Å². The maximum absolute atomic E-state index is 13.3. The SMILES string of the molecule is O=C(O)/C=C/c1ccc(F)c2c1B(O)OC2. The maximum atomic E-state index is 13.3.